The molecule has 2 bridgehead atoms. The van der Waals surface area contributed by atoms with E-state index in [1.165, 1.54) is 0 Å². The summed E-state index contributed by atoms with van der Waals surface area (Å²) in [5.74, 6) is 0. The molecular formula is C23H23NO4S2. The number of sulfone groups is 1. The molecule has 0 N–H and O–H groups in total. The molecule has 2 atom stereocenters. The molecule has 2 saturated heterocycles. The Kier molecular flexibility index (Phi) is 4.72. The lowest BCUT2D eigenvalue weighted by molar-refractivity contribution is 0.249. The molecule has 2 aliphatic heterocycles. The van der Waals surface area contributed by atoms with Crippen LogP contribution >= 0.6 is 0 Å². The number of hydrogen-bond donors (Lipinski definition) is 0. The van der Waals surface area contributed by atoms with Gasteiger partial charge in [-0.25, -0.2) is 16.8 Å². The van der Waals surface area contributed by atoms with Gasteiger partial charge in [-0.1, -0.05) is 48.5 Å². The summed E-state index contributed by atoms with van der Waals surface area (Å²) in [6.07, 6.45) is 2.11. The van der Waals surface area contributed by atoms with Crippen LogP contribution in [0.25, 0.3) is 10.8 Å². The first kappa shape index (κ1) is 19.7. The molecular weight excluding hydrogens is 418 g/mol. The summed E-state index contributed by atoms with van der Waals surface area (Å²) in [7, 11) is -7.16. The van der Waals surface area contributed by atoms with E-state index < -0.39 is 25.1 Å². The highest BCUT2D eigenvalue weighted by atomic mass is 32.2. The van der Waals surface area contributed by atoms with E-state index in [2.05, 4.69) is 0 Å². The molecule has 3 aromatic carbocycles. The Morgan fingerprint density at radius 2 is 1.27 bits per heavy atom. The van der Waals surface area contributed by atoms with Crippen molar-refractivity contribution in [2.45, 2.75) is 52.8 Å². The van der Waals surface area contributed by atoms with Gasteiger partial charge in [0.05, 0.1) is 15.0 Å². The van der Waals surface area contributed by atoms with Crippen molar-refractivity contribution in [2.75, 3.05) is 0 Å². The fourth-order valence-corrected chi connectivity index (χ4v) is 8.78. The zero-order valence-corrected chi connectivity index (χ0v) is 18.0. The molecule has 0 amide bonds. The highest BCUT2D eigenvalue weighted by Gasteiger charge is 2.50. The van der Waals surface area contributed by atoms with Crippen molar-refractivity contribution in [3.8, 4) is 0 Å². The van der Waals surface area contributed by atoms with Gasteiger partial charge in [-0.2, -0.15) is 4.31 Å². The second-order valence-electron chi connectivity index (χ2n) is 8.18. The van der Waals surface area contributed by atoms with Crippen molar-refractivity contribution in [1.82, 2.24) is 4.31 Å². The van der Waals surface area contributed by atoms with Crippen LogP contribution in [0.15, 0.2) is 82.6 Å². The van der Waals surface area contributed by atoms with Crippen molar-refractivity contribution in [2.24, 2.45) is 0 Å². The Bertz CT molecular complexity index is 1290. The van der Waals surface area contributed by atoms with E-state index in [4.69, 9.17) is 0 Å². The van der Waals surface area contributed by atoms with Gasteiger partial charge in [-0.3, -0.25) is 0 Å². The quantitative estimate of drug-likeness (QED) is 0.614. The lowest BCUT2D eigenvalue weighted by atomic mass is 10.1. The highest BCUT2D eigenvalue weighted by Crippen LogP contribution is 2.43. The molecule has 0 saturated carbocycles. The summed E-state index contributed by atoms with van der Waals surface area (Å²) in [4.78, 5) is 0.600. The predicted octanol–water partition coefficient (Wildman–Crippen LogP) is 4.00. The number of nitrogens with zero attached hydrogens (tertiary/aromatic N) is 1. The van der Waals surface area contributed by atoms with E-state index in [0.29, 0.717) is 30.6 Å². The van der Waals surface area contributed by atoms with Gasteiger partial charge in [0.15, 0.2) is 9.84 Å². The van der Waals surface area contributed by atoms with E-state index in [0.717, 1.165) is 10.8 Å². The second-order valence-corrected chi connectivity index (χ2v) is 12.3. The zero-order valence-electron chi connectivity index (χ0n) is 16.4. The molecule has 156 valence electrons. The van der Waals surface area contributed by atoms with E-state index in [9.17, 15) is 16.8 Å². The maximum Gasteiger partial charge on any atom is 0.243 e. The number of fused-ring (bicyclic) bond motifs is 3. The first-order valence-electron chi connectivity index (χ1n) is 10.2. The van der Waals surface area contributed by atoms with Crippen LogP contribution in [0.5, 0.6) is 0 Å². The van der Waals surface area contributed by atoms with Gasteiger partial charge in [-0.15, -0.1) is 0 Å². The normalized spacial score (nSPS) is 24.9. The zero-order chi connectivity index (χ0) is 20.9. The summed E-state index contributed by atoms with van der Waals surface area (Å²) < 4.78 is 54.8. The average molecular weight is 442 g/mol. The topological polar surface area (TPSA) is 71.5 Å². The number of hydrogen-bond acceptors (Lipinski definition) is 4. The van der Waals surface area contributed by atoms with Gasteiger partial charge in [-0.05, 0) is 60.7 Å². The third kappa shape index (κ3) is 3.16. The Balaban J connectivity index is 1.46. The summed E-state index contributed by atoms with van der Waals surface area (Å²) >= 11 is 0. The average Bonchev–Trinajstić information content (AvgIpc) is 3.04. The molecule has 0 radical (unpaired) electrons. The molecule has 0 aromatic heterocycles. The summed E-state index contributed by atoms with van der Waals surface area (Å²) in [6.45, 7) is 0. The van der Waals surface area contributed by atoms with Crippen molar-refractivity contribution < 1.29 is 16.8 Å². The van der Waals surface area contributed by atoms with Gasteiger partial charge in [0.2, 0.25) is 10.0 Å². The molecule has 3 aromatic rings. The SMILES string of the molecule is O=S(=O)(c1ccccc1)C1CC2CCC(C1)N2S(=O)(=O)c1ccc2ccccc2c1. The van der Waals surface area contributed by atoms with Crippen molar-refractivity contribution in [3.05, 3.63) is 72.8 Å². The summed E-state index contributed by atoms with van der Waals surface area (Å²) in [5.41, 5.74) is 0. The van der Waals surface area contributed by atoms with E-state index in [-0.39, 0.29) is 17.0 Å². The van der Waals surface area contributed by atoms with Crippen LogP contribution < -0.4 is 0 Å². The van der Waals surface area contributed by atoms with Crippen LogP contribution in [0.1, 0.15) is 25.7 Å². The first-order valence-corrected chi connectivity index (χ1v) is 13.2. The predicted molar refractivity (Wildman–Crippen MR) is 116 cm³/mol. The maximum absolute atomic E-state index is 13.5. The Labute approximate surface area is 177 Å². The van der Waals surface area contributed by atoms with Crippen LogP contribution in [0.2, 0.25) is 0 Å². The molecule has 0 spiro atoms. The maximum atomic E-state index is 13.5. The number of rotatable bonds is 4. The minimum absolute atomic E-state index is 0.274. The molecule has 0 aliphatic carbocycles. The van der Waals surface area contributed by atoms with Gasteiger partial charge in [0.1, 0.15) is 0 Å². The molecule has 2 fully saturated rings. The third-order valence-electron chi connectivity index (χ3n) is 6.43. The number of piperidine rings is 1. The summed E-state index contributed by atoms with van der Waals surface area (Å²) in [5, 5.41) is 1.33. The van der Waals surface area contributed by atoms with E-state index in [1.54, 1.807) is 46.8 Å². The lowest BCUT2D eigenvalue weighted by Gasteiger charge is -2.37. The smallest absolute Gasteiger partial charge is 0.223 e. The van der Waals surface area contributed by atoms with Crippen LogP contribution in [0.4, 0.5) is 0 Å². The van der Waals surface area contributed by atoms with E-state index >= 15 is 0 Å². The largest absolute Gasteiger partial charge is 0.243 e. The van der Waals surface area contributed by atoms with Crippen molar-refractivity contribution in [3.63, 3.8) is 0 Å². The van der Waals surface area contributed by atoms with Gasteiger partial charge < -0.3 is 0 Å². The number of sulfonamides is 1. The summed E-state index contributed by atoms with van der Waals surface area (Å²) in [6, 6.07) is 20.8. The monoisotopic (exact) mass is 441 g/mol. The Hall–Kier alpha value is -2.22. The number of benzene rings is 3. The lowest BCUT2D eigenvalue weighted by Crippen LogP contribution is -2.49. The van der Waals surface area contributed by atoms with Crippen LogP contribution in [0, 0.1) is 0 Å². The van der Waals surface area contributed by atoms with Crippen molar-refractivity contribution >= 4 is 30.6 Å². The first-order chi connectivity index (χ1) is 14.4. The fourth-order valence-electron chi connectivity index (χ4n) is 4.98. The molecule has 2 heterocycles. The van der Waals surface area contributed by atoms with Crippen molar-refractivity contribution in [1.29, 1.82) is 0 Å². The van der Waals surface area contributed by atoms with Gasteiger partial charge in [0.25, 0.3) is 0 Å². The molecule has 5 rings (SSSR count). The van der Waals surface area contributed by atoms with Gasteiger partial charge in [0, 0.05) is 12.1 Å². The minimum atomic E-state index is -3.68. The molecule has 5 nitrogen and oxygen atoms in total. The van der Waals surface area contributed by atoms with Crippen LogP contribution in [-0.4, -0.2) is 38.5 Å². The highest BCUT2D eigenvalue weighted by molar-refractivity contribution is 7.92. The molecule has 2 unspecified atom stereocenters. The fraction of sp³-hybridized carbons (Fsp3) is 0.304. The van der Waals surface area contributed by atoms with Crippen LogP contribution in [-0.2, 0) is 19.9 Å². The standard InChI is InChI=1S/C23H23NO4S2/c25-29(26,21-8-2-1-3-9-21)23-15-19-11-12-20(16-23)24(19)30(27,28)22-13-10-17-6-4-5-7-18(17)14-22/h1-10,13-14,19-20,23H,11-12,15-16H2. The minimum Gasteiger partial charge on any atom is -0.223 e. The molecule has 2 aliphatic rings. The second kappa shape index (κ2) is 7.18. The molecule has 30 heavy (non-hydrogen) atoms. The van der Waals surface area contributed by atoms with Crippen LogP contribution in [0.3, 0.4) is 0 Å². The Morgan fingerprint density at radius 1 is 0.667 bits per heavy atom. The van der Waals surface area contributed by atoms with E-state index in [1.807, 2.05) is 30.3 Å². The Morgan fingerprint density at radius 3 is 1.93 bits per heavy atom. The van der Waals surface area contributed by atoms with Gasteiger partial charge >= 0.3 is 0 Å². The molecule has 7 heteroatoms. The third-order valence-corrected chi connectivity index (χ3v) is 10.6.